The zero-order valence-corrected chi connectivity index (χ0v) is 21.1. The first kappa shape index (κ1) is 22.9. The molecule has 178 valence electrons. The lowest BCUT2D eigenvalue weighted by molar-refractivity contribution is 0.391. The highest BCUT2D eigenvalue weighted by Gasteiger charge is 2.47. The second-order valence-electron chi connectivity index (χ2n) is 9.05. The average Bonchev–Trinajstić information content (AvgIpc) is 3.17. The summed E-state index contributed by atoms with van der Waals surface area (Å²) in [4.78, 5) is 0. The zero-order valence-electron chi connectivity index (χ0n) is 21.1. The van der Waals surface area contributed by atoms with Crippen molar-refractivity contribution in [2.75, 3.05) is 28.4 Å². The first-order chi connectivity index (χ1) is 16.9. The van der Waals surface area contributed by atoms with Crippen LogP contribution in [0.1, 0.15) is 33.4 Å². The first-order valence-electron chi connectivity index (χ1n) is 11.6. The highest BCUT2D eigenvalue weighted by atomic mass is 16.5. The van der Waals surface area contributed by atoms with Crippen LogP contribution in [0.2, 0.25) is 0 Å². The van der Waals surface area contributed by atoms with Gasteiger partial charge in [-0.2, -0.15) is 0 Å². The van der Waals surface area contributed by atoms with E-state index in [2.05, 4.69) is 74.5 Å². The molecule has 4 aromatic carbocycles. The minimum atomic E-state index is -0.633. The van der Waals surface area contributed by atoms with Crippen LogP contribution in [0.3, 0.4) is 0 Å². The predicted octanol–water partition coefficient (Wildman–Crippen LogP) is 6.70. The second-order valence-corrected chi connectivity index (χ2v) is 9.05. The Hall–Kier alpha value is -3.92. The van der Waals surface area contributed by atoms with Crippen molar-refractivity contribution in [3.05, 3.63) is 106 Å². The maximum Gasteiger partial charge on any atom is 0.122 e. The molecular formula is C31H30O4. The third-order valence-corrected chi connectivity index (χ3v) is 7.02. The molecule has 0 unspecified atom stereocenters. The van der Waals surface area contributed by atoms with Crippen molar-refractivity contribution < 1.29 is 18.9 Å². The monoisotopic (exact) mass is 466 g/mol. The van der Waals surface area contributed by atoms with Crippen molar-refractivity contribution in [3.63, 3.8) is 0 Å². The van der Waals surface area contributed by atoms with E-state index >= 15 is 0 Å². The fourth-order valence-corrected chi connectivity index (χ4v) is 5.39. The Kier molecular flexibility index (Phi) is 5.68. The maximum absolute atomic E-state index is 5.72. The normalized spacial score (nSPS) is 13.1. The van der Waals surface area contributed by atoms with Crippen molar-refractivity contribution >= 4 is 0 Å². The molecule has 0 fully saturated rings. The van der Waals surface area contributed by atoms with E-state index in [-0.39, 0.29) is 0 Å². The van der Waals surface area contributed by atoms with Crippen LogP contribution in [-0.2, 0) is 5.41 Å². The molecule has 0 spiro atoms. The smallest absolute Gasteiger partial charge is 0.122 e. The molecule has 1 aliphatic carbocycles. The lowest BCUT2D eigenvalue weighted by Crippen LogP contribution is -2.29. The minimum absolute atomic E-state index is 0.633. The average molecular weight is 467 g/mol. The molecule has 0 amide bonds. The molecule has 4 heteroatoms. The zero-order chi connectivity index (χ0) is 24.7. The number of hydrogen-bond donors (Lipinski definition) is 0. The van der Waals surface area contributed by atoms with Gasteiger partial charge in [-0.1, -0.05) is 47.5 Å². The fraction of sp³-hybridized carbons (Fsp3) is 0.226. The van der Waals surface area contributed by atoms with Crippen LogP contribution < -0.4 is 18.9 Å². The molecule has 4 aromatic rings. The third-order valence-electron chi connectivity index (χ3n) is 7.02. The van der Waals surface area contributed by atoms with Crippen molar-refractivity contribution in [1.29, 1.82) is 0 Å². The van der Waals surface area contributed by atoms with E-state index in [0.29, 0.717) is 0 Å². The molecule has 5 rings (SSSR count). The van der Waals surface area contributed by atoms with Crippen LogP contribution in [0.25, 0.3) is 11.1 Å². The quantitative estimate of drug-likeness (QED) is 0.279. The molecule has 0 atom stereocenters. The first-order valence-corrected chi connectivity index (χ1v) is 11.6. The maximum atomic E-state index is 5.72. The molecule has 35 heavy (non-hydrogen) atoms. The molecule has 0 aliphatic heterocycles. The molecule has 0 aromatic heterocycles. The van der Waals surface area contributed by atoms with E-state index in [0.717, 1.165) is 34.1 Å². The van der Waals surface area contributed by atoms with Crippen LogP contribution >= 0.6 is 0 Å². The molecule has 0 N–H and O–H groups in total. The summed E-state index contributed by atoms with van der Waals surface area (Å²) >= 11 is 0. The van der Waals surface area contributed by atoms with Crippen molar-refractivity contribution in [2.45, 2.75) is 19.3 Å². The van der Waals surface area contributed by atoms with Gasteiger partial charge in [-0.3, -0.25) is 0 Å². The molecule has 0 bridgehead atoms. The van der Waals surface area contributed by atoms with Gasteiger partial charge in [0.05, 0.1) is 33.9 Å². The standard InChI is InChI=1S/C31H30O4/c1-19-7-9-27-28-10-8-20(2)12-30(28)31(29(27)11-19,21-13-23(32-3)17-24(14-21)33-4)22-15-25(34-5)18-26(16-22)35-6/h7-18H,1-6H3. The number of fused-ring (bicyclic) bond motifs is 3. The van der Waals surface area contributed by atoms with E-state index in [9.17, 15) is 0 Å². The fourth-order valence-electron chi connectivity index (χ4n) is 5.39. The van der Waals surface area contributed by atoms with Gasteiger partial charge < -0.3 is 18.9 Å². The van der Waals surface area contributed by atoms with Crippen LogP contribution in [0.15, 0.2) is 72.8 Å². The summed E-state index contributed by atoms with van der Waals surface area (Å²) in [6.45, 7) is 4.27. The van der Waals surface area contributed by atoms with Gasteiger partial charge in [-0.25, -0.2) is 0 Å². The summed E-state index contributed by atoms with van der Waals surface area (Å²) in [5, 5.41) is 0. The molecule has 0 saturated heterocycles. The molecular weight excluding hydrogens is 436 g/mol. The van der Waals surface area contributed by atoms with Gasteiger partial charge in [-0.15, -0.1) is 0 Å². The SMILES string of the molecule is COc1cc(OC)cc(C2(c3cc(OC)cc(OC)c3)c3cc(C)ccc3-c3ccc(C)cc32)c1. The second kappa shape index (κ2) is 8.70. The van der Waals surface area contributed by atoms with E-state index in [1.54, 1.807) is 28.4 Å². The summed E-state index contributed by atoms with van der Waals surface area (Å²) in [5.41, 5.74) is 8.73. The summed E-state index contributed by atoms with van der Waals surface area (Å²) in [6, 6.07) is 25.7. The Morgan fingerprint density at radius 2 is 0.800 bits per heavy atom. The lowest BCUT2D eigenvalue weighted by Gasteiger charge is -2.35. The number of hydrogen-bond acceptors (Lipinski definition) is 4. The highest BCUT2D eigenvalue weighted by molar-refractivity contribution is 5.87. The van der Waals surface area contributed by atoms with Crippen molar-refractivity contribution in [1.82, 2.24) is 0 Å². The summed E-state index contributed by atoms with van der Waals surface area (Å²) in [5.74, 6) is 2.96. The van der Waals surface area contributed by atoms with Crippen LogP contribution in [0.4, 0.5) is 0 Å². The number of benzene rings is 4. The summed E-state index contributed by atoms with van der Waals surface area (Å²) in [6.07, 6.45) is 0. The Bertz CT molecular complexity index is 1270. The number of aryl methyl sites for hydroxylation is 2. The van der Waals surface area contributed by atoms with Gasteiger partial charge in [0.15, 0.2) is 0 Å². The number of ether oxygens (including phenoxy) is 4. The third kappa shape index (κ3) is 3.52. The Labute approximate surface area is 207 Å². The van der Waals surface area contributed by atoms with E-state index in [1.165, 1.54) is 33.4 Å². The van der Waals surface area contributed by atoms with Gasteiger partial charge in [0.25, 0.3) is 0 Å². The topological polar surface area (TPSA) is 36.9 Å². The Morgan fingerprint density at radius 3 is 1.11 bits per heavy atom. The summed E-state index contributed by atoms with van der Waals surface area (Å²) < 4.78 is 22.9. The van der Waals surface area contributed by atoms with Gasteiger partial charge in [0, 0.05) is 12.1 Å². The van der Waals surface area contributed by atoms with Crippen molar-refractivity contribution in [2.24, 2.45) is 0 Å². The van der Waals surface area contributed by atoms with Crippen LogP contribution in [0.5, 0.6) is 23.0 Å². The molecule has 0 heterocycles. The molecule has 0 saturated carbocycles. The molecule has 0 radical (unpaired) electrons. The molecule has 1 aliphatic rings. The van der Waals surface area contributed by atoms with Crippen LogP contribution in [0, 0.1) is 13.8 Å². The van der Waals surface area contributed by atoms with Gasteiger partial charge in [0.2, 0.25) is 0 Å². The predicted molar refractivity (Wildman–Crippen MR) is 139 cm³/mol. The lowest BCUT2D eigenvalue weighted by atomic mass is 9.67. The van der Waals surface area contributed by atoms with Gasteiger partial charge in [0.1, 0.15) is 23.0 Å². The van der Waals surface area contributed by atoms with Gasteiger partial charge in [-0.05, 0) is 71.5 Å². The summed E-state index contributed by atoms with van der Waals surface area (Å²) in [7, 11) is 6.74. The van der Waals surface area contributed by atoms with Crippen molar-refractivity contribution in [3.8, 4) is 34.1 Å². The van der Waals surface area contributed by atoms with E-state index in [1.807, 2.05) is 12.1 Å². The Morgan fingerprint density at radius 1 is 0.457 bits per heavy atom. The number of rotatable bonds is 6. The minimum Gasteiger partial charge on any atom is -0.497 e. The van der Waals surface area contributed by atoms with E-state index < -0.39 is 5.41 Å². The highest BCUT2D eigenvalue weighted by Crippen LogP contribution is 2.58. The molecule has 4 nitrogen and oxygen atoms in total. The number of methoxy groups -OCH3 is 4. The van der Waals surface area contributed by atoms with Crippen LogP contribution in [-0.4, -0.2) is 28.4 Å². The van der Waals surface area contributed by atoms with Gasteiger partial charge >= 0.3 is 0 Å². The van der Waals surface area contributed by atoms with E-state index in [4.69, 9.17) is 18.9 Å². The Balaban J connectivity index is 2.00. The largest absolute Gasteiger partial charge is 0.497 e.